The summed E-state index contributed by atoms with van der Waals surface area (Å²) in [7, 11) is 3.49. The van der Waals surface area contributed by atoms with E-state index in [-0.39, 0.29) is 5.97 Å². The number of benzene rings is 1. The van der Waals surface area contributed by atoms with Crippen LogP contribution in [0.3, 0.4) is 0 Å². The Hall–Kier alpha value is -1.75. The fourth-order valence-corrected chi connectivity index (χ4v) is 2.15. The van der Waals surface area contributed by atoms with Crippen molar-refractivity contribution >= 4 is 17.3 Å². The van der Waals surface area contributed by atoms with Crippen LogP contribution in [-0.2, 0) is 4.74 Å². The first-order chi connectivity index (χ1) is 8.61. The molecule has 1 fully saturated rings. The van der Waals surface area contributed by atoms with Gasteiger partial charge in [0.15, 0.2) is 0 Å². The van der Waals surface area contributed by atoms with Gasteiger partial charge in [-0.25, -0.2) is 4.79 Å². The fourth-order valence-electron chi connectivity index (χ4n) is 2.15. The second-order valence-corrected chi connectivity index (χ2v) is 4.56. The minimum Gasteiger partial charge on any atom is -0.465 e. The Morgan fingerprint density at radius 2 is 1.94 bits per heavy atom. The van der Waals surface area contributed by atoms with Crippen LogP contribution in [0.1, 0.15) is 10.4 Å². The van der Waals surface area contributed by atoms with Crippen LogP contribution in [0.15, 0.2) is 18.2 Å². The van der Waals surface area contributed by atoms with E-state index in [1.54, 1.807) is 6.07 Å². The lowest BCUT2D eigenvalue weighted by molar-refractivity contribution is 0.0601. The van der Waals surface area contributed by atoms with Crippen LogP contribution in [0.5, 0.6) is 0 Å². The summed E-state index contributed by atoms with van der Waals surface area (Å²) in [4.78, 5) is 16.2. The van der Waals surface area contributed by atoms with Crippen molar-refractivity contribution < 1.29 is 9.53 Å². The largest absolute Gasteiger partial charge is 0.465 e. The van der Waals surface area contributed by atoms with Crippen LogP contribution in [0.4, 0.5) is 11.4 Å². The van der Waals surface area contributed by atoms with Crippen molar-refractivity contribution in [1.82, 2.24) is 4.90 Å². The highest BCUT2D eigenvalue weighted by molar-refractivity contribution is 5.97. The Bertz CT molecular complexity index is 440. The van der Waals surface area contributed by atoms with Gasteiger partial charge in [-0.05, 0) is 25.2 Å². The van der Waals surface area contributed by atoms with Gasteiger partial charge in [0.2, 0.25) is 0 Å². The van der Waals surface area contributed by atoms with Gasteiger partial charge in [0.05, 0.1) is 18.4 Å². The summed E-state index contributed by atoms with van der Waals surface area (Å²) in [5.41, 5.74) is 7.76. The number of nitrogen functional groups attached to an aromatic ring is 1. The van der Waals surface area contributed by atoms with E-state index in [0.717, 1.165) is 31.9 Å². The summed E-state index contributed by atoms with van der Waals surface area (Å²) in [5, 5.41) is 0. The van der Waals surface area contributed by atoms with Crippen LogP contribution >= 0.6 is 0 Å². The molecule has 2 N–H and O–H groups in total. The smallest absolute Gasteiger partial charge is 0.340 e. The van der Waals surface area contributed by atoms with E-state index >= 15 is 0 Å². The van der Waals surface area contributed by atoms with Gasteiger partial charge in [0.1, 0.15) is 0 Å². The third-order valence-corrected chi connectivity index (χ3v) is 3.27. The molecule has 1 aromatic carbocycles. The third kappa shape index (κ3) is 2.56. The van der Waals surface area contributed by atoms with Crippen LogP contribution in [0.25, 0.3) is 0 Å². The average molecular weight is 249 g/mol. The summed E-state index contributed by atoms with van der Waals surface area (Å²) >= 11 is 0. The summed E-state index contributed by atoms with van der Waals surface area (Å²) in [6, 6.07) is 5.40. The molecule has 0 unspecified atom stereocenters. The van der Waals surface area contributed by atoms with Crippen molar-refractivity contribution in [3.63, 3.8) is 0 Å². The number of nitrogens with two attached hydrogens (primary N) is 1. The van der Waals surface area contributed by atoms with Crippen LogP contribution < -0.4 is 10.6 Å². The van der Waals surface area contributed by atoms with Crippen LogP contribution in [-0.4, -0.2) is 51.2 Å². The Balaban J connectivity index is 2.29. The molecule has 1 aliphatic heterocycles. The van der Waals surface area contributed by atoms with Gasteiger partial charge in [0.25, 0.3) is 0 Å². The average Bonchev–Trinajstić information content (AvgIpc) is 2.39. The maximum absolute atomic E-state index is 11.8. The number of methoxy groups -OCH3 is 1. The van der Waals surface area contributed by atoms with Crippen LogP contribution in [0.2, 0.25) is 0 Å². The second kappa shape index (κ2) is 5.27. The number of nitrogens with zero attached hydrogens (tertiary/aromatic N) is 2. The summed E-state index contributed by atoms with van der Waals surface area (Å²) in [6.45, 7) is 3.80. The number of rotatable bonds is 2. The molecule has 0 bridgehead atoms. The highest BCUT2D eigenvalue weighted by Crippen LogP contribution is 2.24. The van der Waals surface area contributed by atoms with Crippen molar-refractivity contribution in [3.8, 4) is 0 Å². The molecule has 1 aromatic rings. The lowest BCUT2D eigenvalue weighted by atomic mass is 10.1. The van der Waals surface area contributed by atoms with Crippen molar-refractivity contribution in [3.05, 3.63) is 23.8 Å². The molecule has 0 spiro atoms. The monoisotopic (exact) mass is 249 g/mol. The molecule has 0 amide bonds. The first kappa shape index (κ1) is 12.7. The number of carbonyl (C=O) groups is 1. The number of hydrogen-bond donors (Lipinski definition) is 1. The minimum absolute atomic E-state index is 0.337. The minimum atomic E-state index is -0.337. The highest BCUT2D eigenvalue weighted by atomic mass is 16.5. The van der Waals surface area contributed by atoms with E-state index in [4.69, 9.17) is 10.5 Å². The number of esters is 1. The predicted molar refractivity (Wildman–Crippen MR) is 71.9 cm³/mol. The molecular formula is C13H19N3O2. The van der Waals surface area contributed by atoms with Crippen molar-refractivity contribution in [2.24, 2.45) is 0 Å². The molecule has 2 rings (SSSR count). The van der Waals surface area contributed by atoms with Crippen LogP contribution in [0, 0.1) is 0 Å². The van der Waals surface area contributed by atoms with Gasteiger partial charge in [-0.1, -0.05) is 0 Å². The van der Waals surface area contributed by atoms with E-state index < -0.39 is 0 Å². The van der Waals surface area contributed by atoms with Gasteiger partial charge < -0.3 is 20.3 Å². The molecule has 1 heterocycles. The molecule has 5 nitrogen and oxygen atoms in total. The zero-order valence-electron chi connectivity index (χ0n) is 10.8. The summed E-state index contributed by atoms with van der Waals surface area (Å²) < 4.78 is 4.81. The van der Waals surface area contributed by atoms with Gasteiger partial charge in [0, 0.05) is 31.9 Å². The Labute approximate surface area is 107 Å². The first-order valence-electron chi connectivity index (χ1n) is 6.03. The lowest BCUT2D eigenvalue weighted by Gasteiger charge is -2.34. The highest BCUT2D eigenvalue weighted by Gasteiger charge is 2.20. The zero-order valence-corrected chi connectivity index (χ0v) is 10.8. The zero-order chi connectivity index (χ0) is 13.1. The lowest BCUT2D eigenvalue weighted by Crippen LogP contribution is -2.45. The van der Waals surface area contributed by atoms with Gasteiger partial charge >= 0.3 is 5.97 Å². The SMILES string of the molecule is COC(=O)c1cc(N)ccc1N1CCN(C)CC1. The van der Waals surface area contributed by atoms with Crippen molar-refractivity contribution in [1.29, 1.82) is 0 Å². The van der Waals surface area contributed by atoms with E-state index in [0.29, 0.717) is 11.3 Å². The van der Waals surface area contributed by atoms with Gasteiger partial charge in [-0.2, -0.15) is 0 Å². The fraction of sp³-hybridized carbons (Fsp3) is 0.462. The van der Waals surface area contributed by atoms with Gasteiger partial charge in [-0.3, -0.25) is 0 Å². The number of ether oxygens (including phenoxy) is 1. The molecule has 1 aliphatic rings. The number of likely N-dealkylation sites (N-methyl/N-ethyl adjacent to an activating group) is 1. The maximum Gasteiger partial charge on any atom is 0.340 e. The Morgan fingerprint density at radius 3 is 2.56 bits per heavy atom. The van der Waals surface area contributed by atoms with Gasteiger partial charge in [-0.15, -0.1) is 0 Å². The van der Waals surface area contributed by atoms with E-state index in [9.17, 15) is 4.79 Å². The van der Waals surface area contributed by atoms with E-state index in [1.165, 1.54) is 7.11 Å². The molecule has 18 heavy (non-hydrogen) atoms. The van der Waals surface area contributed by atoms with E-state index in [2.05, 4.69) is 16.8 Å². The second-order valence-electron chi connectivity index (χ2n) is 4.56. The standard InChI is InChI=1S/C13H19N3O2/c1-15-5-7-16(8-6-15)12-4-3-10(14)9-11(12)13(17)18-2/h3-4,9H,5-8,14H2,1-2H3. The third-order valence-electron chi connectivity index (χ3n) is 3.27. The number of piperazine rings is 1. The number of hydrogen-bond acceptors (Lipinski definition) is 5. The molecule has 0 saturated carbocycles. The molecular weight excluding hydrogens is 230 g/mol. The Morgan fingerprint density at radius 1 is 1.28 bits per heavy atom. The summed E-state index contributed by atoms with van der Waals surface area (Å²) in [6.07, 6.45) is 0. The quantitative estimate of drug-likeness (QED) is 0.621. The summed E-state index contributed by atoms with van der Waals surface area (Å²) in [5.74, 6) is -0.337. The Kier molecular flexibility index (Phi) is 3.72. The molecule has 0 aliphatic carbocycles. The number of anilines is 2. The molecule has 5 heteroatoms. The first-order valence-corrected chi connectivity index (χ1v) is 6.03. The molecule has 1 saturated heterocycles. The number of carbonyl (C=O) groups excluding carboxylic acids is 1. The normalized spacial score (nSPS) is 16.7. The molecule has 98 valence electrons. The molecule has 0 atom stereocenters. The van der Waals surface area contributed by atoms with Crippen molar-refractivity contribution in [2.45, 2.75) is 0 Å². The predicted octanol–water partition coefficient (Wildman–Crippen LogP) is 0.807. The molecule has 0 aromatic heterocycles. The maximum atomic E-state index is 11.8. The topological polar surface area (TPSA) is 58.8 Å². The molecule has 0 radical (unpaired) electrons. The van der Waals surface area contributed by atoms with E-state index in [1.807, 2.05) is 12.1 Å². The van der Waals surface area contributed by atoms with Crippen molar-refractivity contribution in [2.75, 3.05) is 51.0 Å².